The second kappa shape index (κ2) is 5.14. The van der Waals surface area contributed by atoms with Crippen LogP contribution in [0.15, 0.2) is 30.3 Å². The van der Waals surface area contributed by atoms with Crippen LogP contribution in [0, 0.1) is 0 Å². The van der Waals surface area contributed by atoms with E-state index >= 15 is 0 Å². The molecule has 4 heteroatoms. The zero-order valence-corrected chi connectivity index (χ0v) is 13.2. The Morgan fingerprint density at radius 1 is 1.11 bits per heavy atom. The van der Waals surface area contributed by atoms with Crippen LogP contribution in [0.4, 0.5) is 10.5 Å². The van der Waals surface area contributed by atoms with Gasteiger partial charge in [0.2, 0.25) is 8.32 Å². The van der Waals surface area contributed by atoms with Crippen molar-refractivity contribution in [2.24, 2.45) is 0 Å². The summed E-state index contributed by atoms with van der Waals surface area (Å²) < 4.78 is 5.61. The van der Waals surface area contributed by atoms with E-state index in [4.69, 9.17) is 4.43 Å². The van der Waals surface area contributed by atoms with Gasteiger partial charge in [-0.05, 0) is 52.5 Å². The van der Waals surface area contributed by atoms with Gasteiger partial charge >= 0.3 is 6.09 Å². The minimum atomic E-state index is -1.89. The van der Waals surface area contributed by atoms with Gasteiger partial charge in [-0.2, -0.15) is 0 Å². The van der Waals surface area contributed by atoms with Gasteiger partial charge in [-0.25, -0.2) is 4.79 Å². The third-order valence-electron chi connectivity index (χ3n) is 2.26. The van der Waals surface area contributed by atoms with Gasteiger partial charge in [-0.15, -0.1) is 0 Å². The summed E-state index contributed by atoms with van der Waals surface area (Å²) in [5.74, 6) is 0. The Morgan fingerprint density at radius 2 is 1.61 bits per heavy atom. The van der Waals surface area contributed by atoms with Gasteiger partial charge in [0.1, 0.15) is 0 Å². The molecule has 100 valence electrons. The topological polar surface area (TPSA) is 29.5 Å². The van der Waals surface area contributed by atoms with E-state index in [1.54, 1.807) is 4.90 Å². The number of amides is 1. The van der Waals surface area contributed by atoms with Crippen LogP contribution in [0.25, 0.3) is 0 Å². The zero-order chi connectivity index (χ0) is 14.0. The van der Waals surface area contributed by atoms with E-state index in [2.05, 4.69) is 0 Å². The molecule has 0 radical (unpaired) electrons. The van der Waals surface area contributed by atoms with E-state index < -0.39 is 8.32 Å². The average molecular weight is 265 g/mol. The van der Waals surface area contributed by atoms with Crippen molar-refractivity contribution in [2.75, 3.05) is 4.90 Å². The number of para-hydroxylation sites is 1. The van der Waals surface area contributed by atoms with Crippen molar-refractivity contribution in [2.45, 2.75) is 46.0 Å². The first kappa shape index (κ1) is 14.8. The fraction of sp³-hybridized carbons (Fsp3) is 0.500. The van der Waals surface area contributed by atoms with E-state index in [9.17, 15) is 4.79 Å². The molecule has 0 aliphatic carbocycles. The molecule has 0 N–H and O–H groups in total. The van der Waals surface area contributed by atoms with Crippen molar-refractivity contribution in [3.05, 3.63) is 30.3 Å². The molecule has 1 aromatic rings. The first-order chi connectivity index (χ1) is 8.11. The summed E-state index contributed by atoms with van der Waals surface area (Å²) >= 11 is 0. The number of carbonyl (C=O) groups is 1. The molecule has 1 rings (SSSR count). The number of carbonyl (C=O) groups excluding carboxylic acids is 1. The molecule has 0 heterocycles. The molecule has 0 aliphatic heterocycles. The number of hydrogen-bond donors (Lipinski definition) is 0. The molecule has 0 fully saturated rings. The summed E-state index contributed by atoms with van der Waals surface area (Å²) in [4.78, 5) is 14.1. The molecule has 0 bridgehead atoms. The normalized spacial score (nSPS) is 12.1. The molecule has 1 amide bonds. The van der Waals surface area contributed by atoms with Crippen LogP contribution >= 0.6 is 0 Å². The summed E-state index contributed by atoms with van der Waals surface area (Å²) in [6.45, 7) is 12.0. The van der Waals surface area contributed by atoms with Crippen LogP contribution in [0.5, 0.6) is 0 Å². The van der Waals surface area contributed by atoms with E-state index in [0.717, 1.165) is 5.69 Å². The molecule has 0 saturated carbocycles. The Bertz CT molecular complexity index is 404. The van der Waals surface area contributed by atoms with E-state index in [-0.39, 0.29) is 11.6 Å². The van der Waals surface area contributed by atoms with E-state index in [1.165, 1.54) is 0 Å². The number of benzene rings is 1. The number of hydrogen-bond acceptors (Lipinski definition) is 2. The lowest BCUT2D eigenvalue weighted by Crippen LogP contribution is -2.49. The van der Waals surface area contributed by atoms with Crippen LogP contribution in [0.3, 0.4) is 0 Å². The van der Waals surface area contributed by atoms with Crippen molar-refractivity contribution in [3.8, 4) is 0 Å². The van der Waals surface area contributed by atoms with Gasteiger partial charge in [-0.1, -0.05) is 18.2 Å². The Balaban J connectivity index is 3.05. The maximum atomic E-state index is 12.3. The Morgan fingerprint density at radius 3 is 2.00 bits per heavy atom. The van der Waals surface area contributed by atoms with Crippen molar-refractivity contribution in [3.63, 3.8) is 0 Å². The minimum absolute atomic E-state index is 0.257. The second-order valence-corrected chi connectivity index (χ2v) is 10.8. The van der Waals surface area contributed by atoms with Gasteiger partial charge in [0.05, 0.1) is 0 Å². The van der Waals surface area contributed by atoms with E-state index in [0.29, 0.717) is 0 Å². The standard InChI is InChI=1S/C14H23NO2Si/c1-14(2,3)15(12-10-8-7-9-11-12)13(16)17-18(4,5)6/h7-11H,1-6H3. The average Bonchev–Trinajstić information content (AvgIpc) is 2.13. The molecule has 0 aliphatic rings. The highest BCUT2D eigenvalue weighted by molar-refractivity contribution is 6.71. The summed E-state index contributed by atoms with van der Waals surface area (Å²) in [6.07, 6.45) is -0.257. The van der Waals surface area contributed by atoms with Crippen molar-refractivity contribution in [1.82, 2.24) is 0 Å². The fourth-order valence-electron chi connectivity index (χ4n) is 1.65. The number of anilines is 1. The molecular weight excluding hydrogens is 242 g/mol. The Labute approximate surface area is 111 Å². The highest BCUT2D eigenvalue weighted by Gasteiger charge is 2.32. The minimum Gasteiger partial charge on any atom is -0.504 e. The molecule has 0 atom stereocenters. The monoisotopic (exact) mass is 265 g/mol. The van der Waals surface area contributed by atoms with E-state index in [1.807, 2.05) is 70.7 Å². The van der Waals surface area contributed by atoms with Crippen LogP contribution in [0.2, 0.25) is 19.6 Å². The summed E-state index contributed by atoms with van der Waals surface area (Å²) in [7, 11) is -1.89. The molecule has 0 spiro atoms. The van der Waals surface area contributed by atoms with Crippen molar-refractivity contribution in [1.29, 1.82) is 0 Å². The summed E-state index contributed by atoms with van der Waals surface area (Å²) in [5, 5.41) is 0. The third-order valence-corrected chi connectivity index (χ3v) is 3.05. The molecule has 3 nitrogen and oxygen atoms in total. The predicted octanol–water partition coefficient (Wildman–Crippen LogP) is 4.26. The lowest BCUT2D eigenvalue weighted by atomic mass is 10.1. The van der Waals surface area contributed by atoms with Gasteiger partial charge in [0, 0.05) is 11.2 Å². The first-order valence-electron chi connectivity index (χ1n) is 6.19. The maximum Gasteiger partial charge on any atom is 0.401 e. The smallest absolute Gasteiger partial charge is 0.401 e. The first-order valence-corrected chi connectivity index (χ1v) is 9.60. The molecular formula is C14H23NO2Si. The Hall–Kier alpha value is -1.29. The molecule has 18 heavy (non-hydrogen) atoms. The molecule has 0 saturated heterocycles. The van der Waals surface area contributed by atoms with Gasteiger partial charge in [0.15, 0.2) is 0 Å². The number of nitrogens with zero attached hydrogens (tertiary/aromatic N) is 1. The predicted molar refractivity (Wildman–Crippen MR) is 78.5 cm³/mol. The molecule has 0 aromatic heterocycles. The number of rotatable bonds is 2. The Kier molecular flexibility index (Phi) is 4.22. The van der Waals surface area contributed by atoms with Crippen LogP contribution in [-0.2, 0) is 4.43 Å². The third kappa shape index (κ3) is 4.18. The highest BCUT2D eigenvalue weighted by Crippen LogP contribution is 2.25. The van der Waals surface area contributed by atoms with Crippen LogP contribution in [0.1, 0.15) is 20.8 Å². The molecule has 1 aromatic carbocycles. The van der Waals surface area contributed by atoms with Crippen LogP contribution < -0.4 is 4.90 Å². The lowest BCUT2D eigenvalue weighted by Gasteiger charge is -2.36. The molecule has 0 unspecified atom stereocenters. The fourth-order valence-corrected chi connectivity index (χ4v) is 2.27. The summed E-state index contributed by atoms with van der Waals surface area (Å²) in [5.41, 5.74) is 0.561. The maximum absolute atomic E-state index is 12.3. The van der Waals surface area contributed by atoms with Crippen molar-refractivity contribution >= 4 is 20.1 Å². The largest absolute Gasteiger partial charge is 0.504 e. The second-order valence-electron chi connectivity index (χ2n) is 6.32. The van der Waals surface area contributed by atoms with Gasteiger partial charge in [0.25, 0.3) is 0 Å². The summed E-state index contributed by atoms with van der Waals surface area (Å²) in [6, 6.07) is 9.65. The van der Waals surface area contributed by atoms with Crippen molar-refractivity contribution < 1.29 is 9.22 Å². The van der Waals surface area contributed by atoms with Crippen LogP contribution in [-0.4, -0.2) is 19.9 Å². The van der Waals surface area contributed by atoms with Gasteiger partial charge in [-0.3, -0.25) is 4.90 Å². The lowest BCUT2D eigenvalue weighted by molar-refractivity contribution is 0.200. The zero-order valence-electron chi connectivity index (χ0n) is 12.2. The highest BCUT2D eigenvalue weighted by atomic mass is 28.4. The SMILES string of the molecule is CC(C)(C)N(C(=O)O[Si](C)(C)C)c1ccccc1. The van der Waals surface area contributed by atoms with Gasteiger partial charge < -0.3 is 4.43 Å². The quantitative estimate of drug-likeness (QED) is 0.748.